The molecule has 0 radical (unpaired) electrons. The van der Waals surface area contributed by atoms with Crippen LogP contribution in [-0.4, -0.2) is 12.4 Å². The lowest BCUT2D eigenvalue weighted by Crippen LogP contribution is -2.05. The van der Waals surface area contributed by atoms with Gasteiger partial charge >= 0.3 is 0 Å². The van der Waals surface area contributed by atoms with Crippen LogP contribution in [0.1, 0.15) is 24.8 Å². The number of hydrogen-bond acceptors (Lipinski definition) is 4. The summed E-state index contributed by atoms with van der Waals surface area (Å²) in [5, 5.41) is 0. The van der Waals surface area contributed by atoms with Crippen LogP contribution in [0.4, 0.5) is 11.4 Å². The average molecular weight is 334 g/mol. The second kappa shape index (κ2) is 7.26. The molecule has 3 rings (SSSR count). The largest absolute Gasteiger partial charge is 0.486 e. The number of rotatable bonds is 5. The fraction of sp³-hybridized carbons (Fsp3) is 0.190. The minimum atomic E-state index is 0.0224. The Kier molecular flexibility index (Phi) is 4.89. The molecular formula is C21H22N2O2. The fourth-order valence-corrected chi connectivity index (χ4v) is 2.91. The molecular weight excluding hydrogens is 312 g/mol. The van der Waals surface area contributed by atoms with Crippen LogP contribution in [0.5, 0.6) is 0 Å². The number of ether oxygens (including phenoxy) is 1. The molecule has 1 aliphatic rings. The second-order valence-electron chi connectivity index (χ2n) is 6.31. The first-order valence-corrected chi connectivity index (χ1v) is 8.28. The number of nitrogens with two attached hydrogens (primary N) is 2. The van der Waals surface area contributed by atoms with Crippen molar-refractivity contribution in [3.63, 3.8) is 0 Å². The Hall–Kier alpha value is -3.01. The molecule has 0 aliphatic heterocycles. The summed E-state index contributed by atoms with van der Waals surface area (Å²) in [6.07, 6.45) is 6.93. The van der Waals surface area contributed by atoms with E-state index in [1.54, 1.807) is 6.07 Å². The summed E-state index contributed by atoms with van der Waals surface area (Å²) in [7, 11) is 0. The average Bonchev–Trinajstić information content (AvgIpc) is 2.60. The van der Waals surface area contributed by atoms with Crippen LogP contribution < -0.4 is 11.5 Å². The van der Waals surface area contributed by atoms with E-state index in [9.17, 15) is 4.79 Å². The highest BCUT2D eigenvalue weighted by atomic mass is 16.5. The molecule has 4 heteroatoms. The van der Waals surface area contributed by atoms with Crippen molar-refractivity contribution >= 4 is 17.2 Å². The first kappa shape index (κ1) is 16.8. The summed E-state index contributed by atoms with van der Waals surface area (Å²) in [6, 6.07) is 14.0. The van der Waals surface area contributed by atoms with Crippen LogP contribution in [0.3, 0.4) is 0 Å². The highest BCUT2D eigenvalue weighted by molar-refractivity contribution is 5.76. The first-order chi connectivity index (χ1) is 12.0. The van der Waals surface area contributed by atoms with Crippen LogP contribution in [-0.2, 0) is 9.53 Å². The van der Waals surface area contributed by atoms with E-state index in [0.717, 1.165) is 23.3 Å². The molecule has 1 unspecified atom stereocenters. The maximum Gasteiger partial charge on any atom is 0.167 e. The minimum Gasteiger partial charge on any atom is -0.486 e. The van der Waals surface area contributed by atoms with Crippen molar-refractivity contribution in [3.05, 3.63) is 72.0 Å². The van der Waals surface area contributed by atoms with Gasteiger partial charge in [-0.15, -0.1) is 0 Å². The van der Waals surface area contributed by atoms with E-state index >= 15 is 0 Å². The molecule has 2 aromatic rings. The van der Waals surface area contributed by atoms with Gasteiger partial charge in [-0.3, -0.25) is 4.79 Å². The predicted octanol–water partition coefficient (Wildman–Crippen LogP) is 4.05. The second-order valence-corrected chi connectivity index (χ2v) is 6.31. The van der Waals surface area contributed by atoms with Gasteiger partial charge in [-0.25, -0.2) is 0 Å². The molecule has 4 nitrogen and oxygen atoms in total. The van der Waals surface area contributed by atoms with E-state index < -0.39 is 0 Å². The molecule has 0 saturated carbocycles. The zero-order valence-electron chi connectivity index (χ0n) is 14.2. The standard InChI is InChI=1S/C21H22N2O2/c1-14(24)13-25-21-8-6-16(7-9-21)15-2-4-17(5-3-15)18-10-19(22)12-20(23)11-18/h2-6,8-12,16H,7,13,22-23H2,1H3. The smallest absolute Gasteiger partial charge is 0.167 e. The minimum absolute atomic E-state index is 0.0224. The number of allylic oxidation sites excluding steroid dienone is 3. The SMILES string of the molecule is CC(=O)COC1=CCC(c2ccc(-c3cc(N)cc(N)c3)cc2)C=C1. The van der Waals surface area contributed by atoms with Crippen molar-refractivity contribution in [3.8, 4) is 11.1 Å². The van der Waals surface area contributed by atoms with Gasteiger partial charge < -0.3 is 16.2 Å². The van der Waals surface area contributed by atoms with Gasteiger partial charge in [0.15, 0.2) is 5.78 Å². The van der Waals surface area contributed by atoms with Gasteiger partial charge in [0.1, 0.15) is 12.4 Å². The van der Waals surface area contributed by atoms with Crippen LogP contribution in [0, 0.1) is 0 Å². The van der Waals surface area contributed by atoms with Crippen LogP contribution in [0.2, 0.25) is 0 Å². The summed E-state index contributed by atoms with van der Waals surface area (Å²) in [6.45, 7) is 1.64. The summed E-state index contributed by atoms with van der Waals surface area (Å²) in [5.74, 6) is 1.09. The van der Waals surface area contributed by atoms with Crippen LogP contribution in [0.15, 0.2) is 66.5 Å². The lowest BCUT2D eigenvalue weighted by Gasteiger charge is -2.17. The van der Waals surface area contributed by atoms with E-state index in [2.05, 4.69) is 30.3 Å². The van der Waals surface area contributed by atoms with E-state index in [-0.39, 0.29) is 12.4 Å². The topological polar surface area (TPSA) is 78.3 Å². The van der Waals surface area contributed by atoms with E-state index in [1.807, 2.05) is 24.3 Å². The Bertz CT molecular complexity index is 815. The van der Waals surface area contributed by atoms with E-state index in [4.69, 9.17) is 16.2 Å². The van der Waals surface area contributed by atoms with Crippen molar-refractivity contribution in [2.24, 2.45) is 0 Å². The number of Topliss-reactive ketones (excluding diaryl/α,β-unsaturated/α-hetero) is 1. The van der Waals surface area contributed by atoms with Gasteiger partial charge in [-0.1, -0.05) is 30.3 Å². The predicted molar refractivity (Wildman–Crippen MR) is 102 cm³/mol. The van der Waals surface area contributed by atoms with E-state index in [0.29, 0.717) is 17.3 Å². The van der Waals surface area contributed by atoms with Crippen molar-refractivity contribution in [2.45, 2.75) is 19.3 Å². The van der Waals surface area contributed by atoms with Crippen LogP contribution in [0.25, 0.3) is 11.1 Å². The molecule has 0 saturated heterocycles. The number of benzene rings is 2. The zero-order chi connectivity index (χ0) is 17.8. The molecule has 0 spiro atoms. The molecule has 0 heterocycles. The lowest BCUT2D eigenvalue weighted by molar-refractivity contribution is -0.120. The fourth-order valence-electron chi connectivity index (χ4n) is 2.91. The summed E-state index contributed by atoms with van der Waals surface area (Å²) >= 11 is 0. The van der Waals surface area contributed by atoms with Gasteiger partial charge in [-0.05, 0) is 60.4 Å². The molecule has 25 heavy (non-hydrogen) atoms. The number of hydrogen-bond donors (Lipinski definition) is 2. The monoisotopic (exact) mass is 334 g/mol. The Morgan fingerprint density at radius 1 is 1.08 bits per heavy atom. The number of carbonyl (C=O) groups is 1. The third-order valence-corrected chi connectivity index (χ3v) is 4.16. The third kappa shape index (κ3) is 4.29. The quantitative estimate of drug-likeness (QED) is 0.809. The normalized spacial score (nSPS) is 16.4. The van der Waals surface area contributed by atoms with Gasteiger partial charge in [-0.2, -0.15) is 0 Å². The van der Waals surface area contributed by atoms with Crippen molar-refractivity contribution in [1.82, 2.24) is 0 Å². The number of nitrogen functional groups attached to an aromatic ring is 2. The zero-order valence-corrected chi connectivity index (χ0v) is 14.2. The number of ketones is 1. The lowest BCUT2D eigenvalue weighted by atomic mass is 9.91. The van der Waals surface area contributed by atoms with Gasteiger partial charge in [0.25, 0.3) is 0 Å². The van der Waals surface area contributed by atoms with Gasteiger partial charge in [0.2, 0.25) is 0 Å². The van der Waals surface area contributed by atoms with Crippen molar-refractivity contribution < 1.29 is 9.53 Å². The molecule has 1 atom stereocenters. The molecule has 0 amide bonds. The molecule has 128 valence electrons. The maximum absolute atomic E-state index is 11.0. The molecule has 0 fully saturated rings. The van der Waals surface area contributed by atoms with Gasteiger partial charge in [0, 0.05) is 17.3 Å². The molecule has 0 bridgehead atoms. The van der Waals surface area contributed by atoms with Crippen molar-refractivity contribution in [2.75, 3.05) is 18.1 Å². The number of carbonyl (C=O) groups excluding carboxylic acids is 1. The van der Waals surface area contributed by atoms with E-state index in [1.165, 1.54) is 12.5 Å². The molecule has 2 aromatic carbocycles. The summed E-state index contributed by atoms with van der Waals surface area (Å²) < 4.78 is 5.43. The highest BCUT2D eigenvalue weighted by Crippen LogP contribution is 2.30. The molecule has 0 aromatic heterocycles. The Morgan fingerprint density at radius 3 is 2.32 bits per heavy atom. The molecule has 1 aliphatic carbocycles. The summed E-state index contributed by atoms with van der Waals surface area (Å²) in [5.41, 5.74) is 16.4. The molecule has 4 N–H and O–H groups in total. The summed E-state index contributed by atoms with van der Waals surface area (Å²) in [4.78, 5) is 11.0. The van der Waals surface area contributed by atoms with Crippen LogP contribution >= 0.6 is 0 Å². The maximum atomic E-state index is 11.0. The third-order valence-electron chi connectivity index (χ3n) is 4.16. The highest BCUT2D eigenvalue weighted by Gasteiger charge is 2.12. The van der Waals surface area contributed by atoms with Crippen molar-refractivity contribution in [1.29, 1.82) is 0 Å². The Labute approximate surface area is 147 Å². The first-order valence-electron chi connectivity index (χ1n) is 8.28. The Morgan fingerprint density at radius 2 is 1.76 bits per heavy atom. The number of anilines is 2. The Balaban J connectivity index is 1.69. The van der Waals surface area contributed by atoms with Gasteiger partial charge in [0.05, 0.1) is 0 Å².